The Kier molecular flexibility index (Phi) is 3.85. The molecule has 1 aliphatic heterocycles. The number of halogens is 1. The third-order valence-corrected chi connectivity index (χ3v) is 2.81. The Bertz CT molecular complexity index is 467. The molecule has 0 aromatic carbocycles. The van der Waals surface area contributed by atoms with Crippen molar-refractivity contribution in [2.75, 3.05) is 18.4 Å². The van der Waals surface area contributed by atoms with Gasteiger partial charge in [0.1, 0.15) is 16.6 Å². The van der Waals surface area contributed by atoms with E-state index in [1.807, 2.05) is 32.9 Å². The fourth-order valence-electron chi connectivity index (χ4n) is 1.74. The minimum Gasteiger partial charge on any atom is -0.444 e. The van der Waals surface area contributed by atoms with Crippen molar-refractivity contribution in [3.8, 4) is 0 Å². The van der Waals surface area contributed by atoms with Crippen LogP contribution in [0.2, 0.25) is 5.15 Å². The van der Waals surface area contributed by atoms with Gasteiger partial charge in [-0.05, 0) is 32.9 Å². The van der Waals surface area contributed by atoms with Crippen LogP contribution < -0.4 is 5.32 Å². The highest BCUT2D eigenvalue weighted by molar-refractivity contribution is 6.29. The number of carbonyl (C=O) groups is 1. The fourth-order valence-corrected chi connectivity index (χ4v) is 1.91. The topological polar surface area (TPSA) is 54.5 Å². The summed E-state index contributed by atoms with van der Waals surface area (Å²) in [5, 5.41) is 3.67. The number of nitrogens with zero attached hydrogens (tertiary/aromatic N) is 2. The van der Waals surface area contributed by atoms with E-state index >= 15 is 0 Å². The van der Waals surface area contributed by atoms with Crippen molar-refractivity contribution < 1.29 is 9.53 Å². The standard InChI is InChI=1S/C13H18ClN3O2/c1-13(2,3)19-12(18)17-7-9(8-17)15-11-6-4-5-10(14)16-11/h4-6,9H,7-8H2,1-3H3,(H,15,16). The molecule has 1 aromatic heterocycles. The zero-order chi connectivity index (χ0) is 14.0. The van der Waals surface area contributed by atoms with E-state index in [9.17, 15) is 4.79 Å². The third kappa shape index (κ3) is 3.99. The van der Waals surface area contributed by atoms with E-state index in [0.29, 0.717) is 18.2 Å². The minimum absolute atomic E-state index is 0.193. The summed E-state index contributed by atoms with van der Waals surface area (Å²) in [4.78, 5) is 17.5. The molecule has 0 unspecified atom stereocenters. The van der Waals surface area contributed by atoms with E-state index in [1.165, 1.54) is 0 Å². The number of rotatable bonds is 2. The van der Waals surface area contributed by atoms with E-state index in [4.69, 9.17) is 16.3 Å². The monoisotopic (exact) mass is 283 g/mol. The molecule has 1 saturated heterocycles. The molecule has 0 spiro atoms. The third-order valence-electron chi connectivity index (χ3n) is 2.60. The Morgan fingerprint density at radius 3 is 2.74 bits per heavy atom. The van der Waals surface area contributed by atoms with Crippen molar-refractivity contribution in [3.05, 3.63) is 23.4 Å². The van der Waals surface area contributed by atoms with Crippen LogP contribution in [-0.2, 0) is 4.74 Å². The lowest BCUT2D eigenvalue weighted by Gasteiger charge is -2.40. The zero-order valence-corrected chi connectivity index (χ0v) is 12.1. The number of ether oxygens (including phenoxy) is 1. The molecule has 104 valence electrons. The summed E-state index contributed by atoms with van der Waals surface area (Å²) >= 11 is 5.81. The van der Waals surface area contributed by atoms with Gasteiger partial charge in [-0.1, -0.05) is 17.7 Å². The Labute approximate surface area is 117 Å². The maximum Gasteiger partial charge on any atom is 0.410 e. The largest absolute Gasteiger partial charge is 0.444 e. The van der Waals surface area contributed by atoms with E-state index in [0.717, 1.165) is 5.82 Å². The van der Waals surface area contributed by atoms with E-state index in [2.05, 4.69) is 10.3 Å². The molecule has 0 bridgehead atoms. The van der Waals surface area contributed by atoms with Gasteiger partial charge in [-0.15, -0.1) is 0 Å². The second-order valence-electron chi connectivity index (χ2n) is 5.57. The minimum atomic E-state index is -0.454. The van der Waals surface area contributed by atoms with Gasteiger partial charge in [0, 0.05) is 13.1 Å². The predicted molar refractivity (Wildman–Crippen MR) is 74.5 cm³/mol. The number of hydrogen-bond donors (Lipinski definition) is 1. The number of nitrogens with one attached hydrogen (secondary N) is 1. The van der Waals surface area contributed by atoms with Crippen molar-refractivity contribution >= 4 is 23.5 Å². The molecule has 1 aromatic rings. The molecule has 5 nitrogen and oxygen atoms in total. The fraction of sp³-hybridized carbons (Fsp3) is 0.538. The van der Waals surface area contributed by atoms with Gasteiger partial charge >= 0.3 is 6.09 Å². The highest BCUT2D eigenvalue weighted by Gasteiger charge is 2.33. The summed E-state index contributed by atoms with van der Waals surface area (Å²) in [6.45, 7) is 6.80. The van der Waals surface area contributed by atoms with Gasteiger partial charge in [-0.2, -0.15) is 0 Å². The average molecular weight is 284 g/mol. The lowest BCUT2D eigenvalue weighted by atomic mass is 10.1. The maximum atomic E-state index is 11.7. The number of anilines is 1. The van der Waals surface area contributed by atoms with Gasteiger partial charge in [0.15, 0.2) is 0 Å². The van der Waals surface area contributed by atoms with Crippen LogP contribution in [0.3, 0.4) is 0 Å². The second kappa shape index (κ2) is 5.25. The normalized spacial score (nSPS) is 15.9. The zero-order valence-electron chi connectivity index (χ0n) is 11.3. The lowest BCUT2D eigenvalue weighted by Crippen LogP contribution is -2.58. The SMILES string of the molecule is CC(C)(C)OC(=O)N1CC(Nc2cccc(Cl)n2)C1. The van der Waals surface area contributed by atoms with E-state index in [-0.39, 0.29) is 12.1 Å². The van der Waals surface area contributed by atoms with Crippen LogP contribution in [-0.4, -0.2) is 40.7 Å². The highest BCUT2D eigenvalue weighted by Crippen LogP contribution is 2.18. The van der Waals surface area contributed by atoms with Crippen LogP contribution in [0, 0.1) is 0 Å². The molecular formula is C13H18ClN3O2. The smallest absolute Gasteiger partial charge is 0.410 e. The van der Waals surface area contributed by atoms with E-state index in [1.54, 1.807) is 11.0 Å². The quantitative estimate of drug-likeness (QED) is 0.848. The van der Waals surface area contributed by atoms with Crippen molar-refractivity contribution in [2.24, 2.45) is 0 Å². The van der Waals surface area contributed by atoms with Crippen LogP contribution in [0.15, 0.2) is 18.2 Å². The molecule has 1 amide bonds. The molecule has 0 saturated carbocycles. The first-order valence-electron chi connectivity index (χ1n) is 6.20. The number of likely N-dealkylation sites (tertiary alicyclic amines) is 1. The van der Waals surface area contributed by atoms with Gasteiger partial charge in [0.25, 0.3) is 0 Å². The molecule has 2 rings (SSSR count). The first kappa shape index (κ1) is 13.9. The Morgan fingerprint density at radius 2 is 2.16 bits per heavy atom. The Morgan fingerprint density at radius 1 is 1.47 bits per heavy atom. The van der Waals surface area contributed by atoms with Gasteiger partial charge < -0.3 is 15.0 Å². The first-order valence-corrected chi connectivity index (χ1v) is 6.58. The van der Waals surface area contributed by atoms with E-state index < -0.39 is 5.60 Å². The number of aromatic nitrogens is 1. The van der Waals surface area contributed by atoms with Crippen molar-refractivity contribution in [1.82, 2.24) is 9.88 Å². The predicted octanol–water partition coefficient (Wildman–Crippen LogP) is 2.77. The Balaban J connectivity index is 1.79. The number of hydrogen-bond acceptors (Lipinski definition) is 4. The van der Waals surface area contributed by atoms with Gasteiger partial charge in [-0.3, -0.25) is 0 Å². The molecule has 1 aliphatic rings. The average Bonchev–Trinajstić information content (AvgIpc) is 2.20. The lowest BCUT2D eigenvalue weighted by molar-refractivity contribution is 0.0104. The second-order valence-corrected chi connectivity index (χ2v) is 5.96. The summed E-state index contributed by atoms with van der Waals surface area (Å²) in [5.74, 6) is 0.723. The van der Waals surface area contributed by atoms with Crippen LogP contribution in [0.5, 0.6) is 0 Å². The summed E-state index contributed by atoms with van der Waals surface area (Å²) in [7, 11) is 0. The number of pyridine rings is 1. The summed E-state index contributed by atoms with van der Waals surface area (Å²) in [6, 6.07) is 5.60. The summed E-state index contributed by atoms with van der Waals surface area (Å²) in [6.07, 6.45) is -0.274. The van der Waals surface area contributed by atoms with Crippen LogP contribution in [0.25, 0.3) is 0 Å². The molecule has 1 N–H and O–H groups in total. The van der Waals surface area contributed by atoms with Gasteiger partial charge in [0.2, 0.25) is 0 Å². The van der Waals surface area contributed by atoms with Gasteiger partial charge in [0.05, 0.1) is 6.04 Å². The number of carbonyl (C=O) groups excluding carboxylic acids is 1. The molecule has 1 fully saturated rings. The van der Waals surface area contributed by atoms with Crippen molar-refractivity contribution in [2.45, 2.75) is 32.4 Å². The molecule has 2 heterocycles. The van der Waals surface area contributed by atoms with Crippen molar-refractivity contribution in [1.29, 1.82) is 0 Å². The summed E-state index contributed by atoms with van der Waals surface area (Å²) < 4.78 is 5.28. The molecular weight excluding hydrogens is 266 g/mol. The molecule has 19 heavy (non-hydrogen) atoms. The molecule has 0 radical (unpaired) electrons. The maximum absolute atomic E-state index is 11.7. The van der Waals surface area contributed by atoms with Crippen LogP contribution >= 0.6 is 11.6 Å². The Hall–Kier alpha value is -1.49. The molecule has 6 heteroatoms. The van der Waals surface area contributed by atoms with Crippen LogP contribution in [0.1, 0.15) is 20.8 Å². The molecule has 0 aliphatic carbocycles. The van der Waals surface area contributed by atoms with Crippen molar-refractivity contribution in [3.63, 3.8) is 0 Å². The van der Waals surface area contributed by atoms with Crippen LogP contribution in [0.4, 0.5) is 10.6 Å². The highest BCUT2D eigenvalue weighted by atomic mass is 35.5. The van der Waals surface area contributed by atoms with Gasteiger partial charge in [-0.25, -0.2) is 9.78 Å². The number of amides is 1. The first-order chi connectivity index (χ1) is 8.83. The molecule has 0 atom stereocenters. The summed E-state index contributed by atoms with van der Waals surface area (Å²) in [5.41, 5.74) is -0.454.